The maximum Gasteiger partial charge on any atom is 0.458 e. The third kappa shape index (κ3) is 57.1. The van der Waals surface area contributed by atoms with Crippen LogP contribution in [0.3, 0.4) is 0 Å². The van der Waals surface area contributed by atoms with Crippen molar-refractivity contribution >= 4 is 69.1 Å². The Hall–Kier alpha value is -0.440. The Kier molecular flexibility index (Phi) is 65.2. The van der Waals surface area contributed by atoms with Crippen molar-refractivity contribution in [3.05, 3.63) is 0 Å². The van der Waals surface area contributed by atoms with E-state index in [4.69, 9.17) is 67.8 Å². The molecule has 8 heteroatoms. The molecule has 0 N–H and O–H groups in total. The summed E-state index contributed by atoms with van der Waals surface area (Å²) in [5.74, 6) is -1.72. The number of rotatable bonds is 67. The van der Waals surface area contributed by atoms with E-state index >= 15 is 0 Å². The Morgan fingerprint density at radius 3 is 0.556 bits per heavy atom. The van der Waals surface area contributed by atoms with Crippen molar-refractivity contribution in [2.24, 2.45) is 0 Å². The molecule has 0 heterocycles. The molecule has 0 fully saturated rings. The molecule has 0 aromatic rings. The van der Waals surface area contributed by atoms with Gasteiger partial charge in [-0.05, 0) is 81.0 Å². The van der Waals surface area contributed by atoms with Crippen LogP contribution in [-0.4, -0.2) is 32.3 Å². The first kappa shape index (κ1) is 80.6. The van der Waals surface area contributed by atoms with Crippen LogP contribution in [0.5, 0.6) is 0 Å². The van der Waals surface area contributed by atoms with Gasteiger partial charge in [-0.3, -0.25) is 0 Å². The average Bonchev–Trinajstić information content (AvgIpc) is 3.45. The van der Waals surface area contributed by atoms with Crippen LogP contribution in [0, 0.1) is 0 Å². The Labute approximate surface area is 529 Å². The van der Waals surface area contributed by atoms with Crippen LogP contribution in [0.25, 0.3) is 0 Å². The van der Waals surface area contributed by atoms with E-state index in [9.17, 15) is 0 Å². The quantitative estimate of drug-likeness (QED) is 0.0339. The summed E-state index contributed by atoms with van der Waals surface area (Å²) in [6.45, 7) is 11.4. The molecule has 81 heavy (non-hydrogen) atoms. The molecule has 0 aromatic carbocycles. The largest absolute Gasteiger partial charge is 0.471 e. The summed E-state index contributed by atoms with van der Waals surface area (Å²) < 4.78 is 27.6. The van der Waals surface area contributed by atoms with Gasteiger partial charge in [0.05, 0.1) is 0 Å². The van der Waals surface area contributed by atoms with Crippen LogP contribution < -0.4 is 0 Å². The van der Waals surface area contributed by atoms with Gasteiger partial charge in [0, 0.05) is 25.7 Å². The van der Waals surface area contributed by atoms with E-state index in [1.807, 2.05) is 0 Å². The average molecular weight is 1210 g/mol. The zero-order valence-electron chi connectivity index (χ0n) is 55.2. The normalized spacial score (nSPS) is 12.0. The predicted molar refractivity (Wildman–Crippen MR) is 376 cm³/mol. The van der Waals surface area contributed by atoms with Crippen molar-refractivity contribution < 1.29 is 18.9 Å². The second-order valence-electron chi connectivity index (χ2n) is 25.2. The van der Waals surface area contributed by atoms with Gasteiger partial charge in [-0.25, -0.2) is 0 Å². The molecule has 1 unspecified atom stereocenters. The van der Waals surface area contributed by atoms with Gasteiger partial charge in [-0.15, -0.1) is 0 Å². The molecule has 0 aromatic heterocycles. The summed E-state index contributed by atoms with van der Waals surface area (Å²) in [6, 6.07) is 0. The fraction of sp³-hybridized carbons (Fsp3) is 0.945. The topological polar surface area (TPSA) is 36.9 Å². The first-order valence-electron chi connectivity index (χ1n) is 36.6. The molecule has 1 atom stereocenters. The van der Waals surface area contributed by atoms with Gasteiger partial charge in [0.25, 0.3) is 0 Å². The molecular formula is C73H140O4S4. The molecule has 0 aliphatic rings. The van der Waals surface area contributed by atoms with Gasteiger partial charge in [-0.2, -0.15) is 0 Å². The molecule has 0 amide bonds. The summed E-state index contributed by atoms with van der Waals surface area (Å²) in [6.07, 6.45) is 77.2. The Balaban J connectivity index is 5.79. The minimum atomic E-state index is -1.72. The van der Waals surface area contributed by atoms with Gasteiger partial charge < -0.3 is 18.9 Å². The minimum Gasteiger partial charge on any atom is -0.471 e. The van der Waals surface area contributed by atoms with Gasteiger partial charge in [0.15, 0.2) is 20.2 Å². The Bertz CT molecular complexity index is 1230. The molecule has 0 radical (unpaired) electrons. The van der Waals surface area contributed by atoms with E-state index in [1.165, 1.54) is 308 Å². The molecular weight excluding hydrogens is 1070 g/mol. The Morgan fingerprint density at radius 2 is 0.383 bits per heavy atom. The van der Waals surface area contributed by atoms with Crippen LogP contribution in [0.1, 0.15) is 433 Å². The molecule has 0 aliphatic carbocycles. The highest BCUT2D eigenvalue weighted by atomic mass is 32.1. The van der Waals surface area contributed by atoms with Gasteiger partial charge >= 0.3 is 5.97 Å². The number of unbranched alkanes of at least 4 members (excludes halogenated alkanes) is 52. The van der Waals surface area contributed by atoms with Crippen LogP contribution in [0.15, 0.2) is 0 Å². The smallest absolute Gasteiger partial charge is 0.458 e. The van der Waals surface area contributed by atoms with E-state index in [0.29, 0.717) is 45.9 Å². The van der Waals surface area contributed by atoms with Crippen LogP contribution in [0.4, 0.5) is 0 Å². The highest BCUT2D eigenvalue weighted by molar-refractivity contribution is 7.80. The molecule has 0 rings (SSSR count). The lowest BCUT2D eigenvalue weighted by molar-refractivity contribution is -0.320. The number of thiocarbonyl (C=S) groups is 4. The summed E-state index contributed by atoms with van der Waals surface area (Å²) in [7, 11) is 0. The third-order valence-corrected chi connectivity index (χ3v) is 18.1. The number of ether oxygens (including phenoxy) is 4. The fourth-order valence-corrected chi connectivity index (χ4v) is 12.6. The zero-order valence-corrected chi connectivity index (χ0v) is 58.4. The maximum absolute atomic E-state index is 6.91. The monoisotopic (exact) mass is 1210 g/mol. The molecule has 480 valence electrons. The van der Waals surface area contributed by atoms with Gasteiger partial charge in [0.1, 0.15) is 0 Å². The van der Waals surface area contributed by atoms with Crippen molar-refractivity contribution in [2.45, 2.75) is 445 Å². The fourth-order valence-electron chi connectivity index (χ4n) is 11.5. The highest BCUT2D eigenvalue weighted by Gasteiger charge is 2.51. The van der Waals surface area contributed by atoms with Crippen molar-refractivity contribution in [2.75, 3.05) is 0 Å². The van der Waals surface area contributed by atoms with Gasteiger partial charge in [-0.1, -0.05) is 375 Å². The van der Waals surface area contributed by atoms with Crippen molar-refractivity contribution in [3.8, 4) is 0 Å². The Morgan fingerprint density at radius 1 is 0.222 bits per heavy atom. The lowest BCUT2D eigenvalue weighted by Crippen LogP contribution is -2.54. The summed E-state index contributed by atoms with van der Waals surface area (Å²) in [5.41, 5.74) is 0. The highest BCUT2D eigenvalue weighted by Crippen LogP contribution is 2.32. The van der Waals surface area contributed by atoms with E-state index in [2.05, 4.69) is 34.6 Å². The zero-order chi connectivity index (χ0) is 59.1. The van der Waals surface area contributed by atoms with Crippen LogP contribution in [-0.2, 0) is 18.9 Å². The number of hydrogen-bond acceptors (Lipinski definition) is 8. The van der Waals surface area contributed by atoms with Crippen LogP contribution >= 0.6 is 48.9 Å². The summed E-state index contributed by atoms with van der Waals surface area (Å²) in [4.78, 5) is 0. The van der Waals surface area contributed by atoms with Crippen molar-refractivity contribution in [3.63, 3.8) is 0 Å². The van der Waals surface area contributed by atoms with Crippen LogP contribution in [0.2, 0.25) is 0 Å². The van der Waals surface area contributed by atoms with Crippen molar-refractivity contribution in [1.29, 1.82) is 0 Å². The number of hydrogen-bond donors (Lipinski definition) is 0. The SMILES string of the molecule is CCCCCCCCCCCCCCCCC(=S)OC(CCC)C(OC(=S)CCCCCCCCCCCCCCCC)(OC(=S)CCCCCCCCCCCCCCCC)OC(=S)CCCCCCCCCCCCCCCC. The first-order chi connectivity index (χ1) is 39.8. The van der Waals surface area contributed by atoms with Crippen molar-refractivity contribution in [1.82, 2.24) is 0 Å². The van der Waals surface area contributed by atoms with E-state index < -0.39 is 12.1 Å². The second-order valence-corrected chi connectivity index (χ2v) is 27.0. The molecule has 0 bridgehead atoms. The molecule has 0 spiro atoms. The summed E-state index contributed by atoms with van der Waals surface area (Å²) in [5, 5.41) is 2.03. The molecule has 0 saturated carbocycles. The summed E-state index contributed by atoms with van der Waals surface area (Å²) >= 11 is 24.5. The van der Waals surface area contributed by atoms with E-state index in [0.717, 1.165) is 64.2 Å². The lowest BCUT2D eigenvalue weighted by atomic mass is 10.0. The second kappa shape index (κ2) is 65.5. The minimum absolute atomic E-state index is 0.482. The molecule has 0 saturated heterocycles. The van der Waals surface area contributed by atoms with E-state index in [-0.39, 0.29) is 0 Å². The van der Waals surface area contributed by atoms with E-state index in [1.54, 1.807) is 0 Å². The molecule has 0 aliphatic heterocycles. The third-order valence-electron chi connectivity index (χ3n) is 16.9. The standard InChI is InChI=1S/C73H140O4S4/c1-6-11-15-19-23-27-31-35-39-43-47-51-55-59-64-69(78)74-68(63-10-5)73(75-70(79)65-60-56-52-48-44-40-36-32-28-24-20-16-12-7-2,76-71(80)66-61-57-53-49-45-41-37-33-29-25-21-17-13-8-3)77-72(81)67-62-58-54-50-46-42-38-34-30-26-22-18-14-9-4/h68H,6-67H2,1-5H3. The molecule has 4 nitrogen and oxygen atoms in total. The van der Waals surface area contributed by atoms with Gasteiger partial charge in [0.2, 0.25) is 6.10 Å². The first-order valence-corrected chi connectivity index (χ1v) is 38.3. The lowest BCUT2D eigenvalue weighted by Gasteiger charge is -2.39. The maximum atomic E-state index is 6.91. The predicted octanol–water partition coefficient (Wildman–Crippen LogP) is 27.7.